The molecule has 0 N–H and O–H groups in total. The number of hydrogen-bond acceptors (Lipinski definition) is 2. The maximum absolute atomic E-state index is 13.8. The fourth-order valence-corrected chi connectivity index (χ4v) is 2.84. The van der Waals surface area contributed by atoms with Crippen LogP contribution in [0.2, 0.25) is 0 Å². The zero-order valence-electron chi connectivity index (χ0n) is 19.1. The fraction of sp³-hybridized carbons (Fsp3) is 1.00. The molecule has 2 nitrogen and oxygen atoms in total. The first kappa shape index (κ1) is 39.2. The number of ether oxygens (including phenoxy) is 2. The fourth-order valence-electron chi connectivity index (χ4n) is 2.84. The molecular weight excluding hydrogens is 699 g/mol. The second-order valence-corrected chi connectivity index (χ2v) is 8.43. The van der Waals surface area contributed by atoms with E-state index >= 15 is 0 Å². The smallest absolute Gasteiger partial charge is 0.353 e. The van der Waals surface area contributed by atoms with E-state index in [1.165, 1.54) is 0 Å². The highest BCUT2D eigenvalue weighted by Gasteiger charge is 2.99. The monoisotopic (exact) mass is 706 g/mol. The summed E-state index contributed by atoms with van der Waals surface area (Å²) in [5, 5.41) is 0. The van der Waals surface area contributed by atoms with Crippen molar-refractivity contribution in [3.63, 3.8) is 0 Å². The molecule has 0 aromatic rings. The Balaban J connectivity index is 3.77. The molecule has 0 aromatic carbocycles. The Labute approximate surface area is 218 Å². The van der Waals surface area contributed by atoms with E-state index in [0.29, 0.717) is 7.11 Å². The number of hydrogen-bond donors (Lipinski definition) is 0. The van der Waals surface area contributed by atoms with Crippen molar-refractivity contribution < 1.29 is 119 Å². The predicted octanol–water partition coefficient (Wildman–Crippen LogP) is 8.30. The molecule has 0 aromatic heterocycles. The first-order valence-electron chi connectivity index (χ1n) is 9.69. The van der Waals surface area contributed by atoms with E-state index in [4.69, 9.17) is 0 Å². The molecular formula is C16H7F25O2. The summed E-state index contributed by atoms with van der Waals surface area (Å²) in [5.41, 5.74) is 0. The Hall–Kier alpha value is -1.83. The van der Waals surface area contributed by atoms with E-state index in [-0.39, 0.29) is 0 Å². The predicted molar refractivity (Wildman–Crippen MR) is 80.8 cm³/mol. The van der Waals surface area contributed by atoms with Gasteiger partial charge in [0.15, 0.2) is 6.29 Å². The first-order valence-corrected chi connectivity index (χ1v) is 9.69. The van der Waals surface area contributed by atoms with E-state index < -0.39 is 90.1 Å². The molecule has 43 heavy (non-hydrogen) atoms. The van der Waals surface area contributed by atoms with Gasteiger partial charge in [-0.05, 0) is 0 Å². The van der Waals surface area contributed by atoms with E-state index in [9.17, 15) is 110 Å². The summed E-state index contributed by atoms with van der Waals surface area (Å²) in [6, 6.07) is 0. The van der Waals surface area contributed by atoms with E-state index in [0.717, 1.165) is 0 Å². The van der Waals surface area contributed by atoms with Crippen LogP contribution in [0.4, 0.5) is 110 Å². The van der Waals surface area contributed by atoms with Gasteiger partial charge in [-0.15, -0.1) is 0 Å². The van der Waals surface area contributed by atoms with E-state index in [1.807, 2.05) is 0 Å². The number of methoxy groups -OCH3 is 1. The molecule has 0 radical (unpaired) electrons. The number of halogens is 25. The van der Waals surface area contributed by atoms with Crippen LogP contribution in [0.3, 0.4) is 0 Å². The van der Waals surface area contributed by atoms with Crippen molar-refractivity contribution >= 4 is 0 Å². The third kappa shape index (κ3) is 4.82. The summed E-state index contributed by atoms with van der Waals surface area (Å²) >= 11 is 0. The highest BCUT2D eigenvalue weighted by molar-refractivity contribution is 5.20. The van der Waals surface area contributed by atoms with Gasteiger partial charge in [0, 0.05) is 13.5 Å². The minimum atomic E-state index is -9.59. The molecule has 1 aliphatic heterocycles. The van der Waals surface area contributed by atoms with E-state index in [1.54, 1.807) is 0 Å². The van der Waals surface area contributed by atoms with Gasteiger partial charge >= 0.3 is 71.3 Å². The molecule has 1 aliphatic rings. The SMILES string of the molecule is COC1OC1CC(F)(F)C(F)(F)C(F)(F)C(F)(F)C(F)(F)C(F)(F)C(F)(F)C(F)(F)C(F)(F)C(F)(F)C(F)(F)C(F)(F)F. The molecule has 27 heteroatoms. The van der Waals surface area contributed by atoms with Crippen LogP contribution in [0.5, 0.6) is 0 Å². The summed E-state index contributed by atoms with van der Waals surface area (Å²) < 4.78 is 341. The van der Waals surface area contributed by atoms with Crippen LogP contribution in [0.25, 0.3) is 0 Å². The van der Waals surface area contributed by atoms with Crippen LogP contribution in [0.1, 0.15) is 6.42 Å². The molecule has 2 atom stereocenters. The lowest BCUT2D eigenvalue weighted by atomic mass is 9.84. The average molecular weight is 706 g/mol. The summed E-state index contributed by atoms with van der Waals surface area (Å²) in [4.78, 5) is 0. The van der Waals surface area contributed by atoms with Crippen molar-refractivity contribution in [1.29, 1.82) is 0 Å². The van der Waals surface area contributed by atoms with Gasteiger partial charge in [-0.1, -0.05) is 0 Å². The van der Waals surface area contributed by atoms with Gasteiger partial charge in [0.05, 0.1) is 0 Å². The quantitative estimate of drug-likeness (QED) is 0.142. The third-order valence-corrected chi connectivity index (χ3v) is 5.59. The van der Waals surface area contributed by atoms with Crippen molar-refractivity contribution in [2.45, 2.75) is 90.1 Å². The average Bonchev–Trinajstić information content (AvgIpc) is 3.53. The van der Waals surface area contributed by atoms with Crippen molar-refractivity contribution in [1.82, 2.24) is 0 Å². The highest BCUT2D eigenvalue weighted by atomic mass is 19.4. The maximum atomic E-state index is 13.8. The largest absolute Gasteiger partial charge is 0.460 e. The molecule has 0 bridgehead atoms. The second-order valence-electron chi connectivity index (χ2n) is 8.43. The summed E-state index contributed by atoms with van der Waals surface area (Å²) in [6.07, 6.45) is -15.6. The standard InChI is InChI=1S/C16H7F25O2/c1-42-4-3(43-4)2-5(17,18)6(19,20)7(21,22)8(23,24)9(25,26)10(27,28)11(29,30)12(31,32)13(33,34)14(35,36)15(37,38)16(39,40)41/h3-4H,2H2,1H3. The Morgan fingerprint density at radius 3 is 0.837 bits per heavy atom. The maximum Gasteiger partial charge on any atom is 0.460 e. The van der Waals surface area contributed by atoms with Crippen LogP contribution < -0.4 is 0 Å². The highest BCUT2D eigenvalue weighted by Crippen LogP contribution is 2.68. The molecule has 0 spiro atoms. The van der Waals surface area contributed by atoms with Crippen LogP contribution in [0.15, 0.2) is 0 Å². The van der Waals surface area contributed by atoms with Gasteiger partial charge in [0.25, 0.3) is 0 Å². The molecule has 1 heterocycles. The molecule has 1 fully saturated rings. The van der Waals surface area contributed by atoms with Crippen LogP contribution in [0, 0.1) is 0 Å². The third-order valence-electron chi connectivity index (χ3n) is 5.59. The normalized spacial score (nSPS) is 21.3. The van der Waals surface area contributed by atoms with Gasteiger partial charge in [-0.2, -0.15) is 110 Å². The van der Waals surface area contributed by atoms with Crippen LogP contribution in [-0.2, 0) is 9.47 Å². The molecule has 1 saturated heterocycles. The van der Waals surface area contributed by atoms with Gasteiger partial charge < -0.3 is 9.47 Å². The number of alkyl halides is 25. The molecule has 1 rings (SSSR count). The lowest BCUT2D eigenvalue weighted by molar-refractivity contribution is -0.482. The summed E-state index contributed by atoms with van der Waals surface area (Å²) in [7, 11) is 0.548. The minimum absolute atomic E-state index is 0.548. The second kappa shape index (κ2) is 9.83. The van der Waals surface area contributed by atoms with E-state index in [2.05, 4.69) is 9.47 Å². The van der Waals surface area contributed by atoms with Crippen molar-refractivity contribution in [2.75, 3.05) is 7.11 Å². The molecule has 2 unspecified atom stereocenters. The first-order chi connectivity index (χ1) is 18.3. The van der Waals surface area contributed by atoms with Crippen LogP contribution in [-0.4, -0.2) is 90.8 Å². The number of rotatable bonds is 13. The van der Waals surface area contributed by atoms with Crippen molar-refractivity contribution in [3.05, 3.63) is 0 Å². The summed E-state index contributed by atoms with van der Waals surface area (Å²) in [6.45, 7) is 0. The zero-order chi connectivity index (χ0) is 35.3. The Kier molecular flexibility index (Phi) is 8.96. The lowest BCUT2D eigenvalue weighted by Crippen LogP contribution is -2.78. The van der Waals surface area contributed by atoms with Crippen LogP contribution >= 0.6 is 0 Å². The van der Waals surface area contributed by atoms with Gasteiger partial charge in [-0.3, -0.25) is 0 Å². The summed E-state index contributed by atoms with van der Waals surface area (Å²) in [5.74, 6) is -98.3. The zero-order valence-corrected chi connectivity index (χ0v) is 19.1. The molecule has 0 aliphatic carbocycles. The molecule has 0 amide bonds. The Morgan fingerprint density at radius 2 is 0.628 bits per heavy atom. The van der Waals surface area contributed by atoms with Gasteiger partial charge in [-0.25, -0.2) is 0 Å². The Morgan fingerprint density at radius 1 is 0.395 bits per heavy atom. The molecule has 258 valence electrons. The van der Waals surface area contributed by atoms with Crippen molar-refractivity contribution in [2.24, 2.45) is 0 Å². The molecule has 0 saturated carbocycles. The van der Waals surface area contributed by atoms with Gasteiger partial charge in [0.2, 0.25) is 0 Å². The van der Waals surface area contributed by atoms with Gasteiger partial charge in [0.1, 0.15) is 6.10 Å². The minimum Gasteiger partial charge on any atom is -0.353 e. The lowest BCUT2D eigenvalue weighted by Gasteiger charge is -2.45. The Bertz CT molecular complexity index is 1020. The topological polar surface area (TPSA) is 21.8 Å². The van der Waals surface area contributed by atoms with Crippen molar-refractivity contribution in [3.8, 4) is 0 Å². The number of epoxide rings is 1.